The van der Waals surface area contributed by atoms with Gasteiger partial charge in [-0.1, -0.05) is 78.1 Å². The number of esters is 1. The lowest BCUT2D eigenvalue weighted by Crippen LogP contribution is -2.58. The fourth-order valence-electron chi connectivity index (χ4n) is 11.9. The van der Waals surface area contributed by atoms with E-state index in [9.17, 15) is 14.4 Å². The fraction of sp³-hybridized carbons (Fsp3) is 0.643. The molecular formula is C42H54O4. The zero-order valence-electron chi connectivity index (χ0n) is 28.8. The lowest BCUT2D eigenvalue weighted by Gasteiger charge is -2.62. The molecule has 2 aromatic rings. The first-order valence-corrected chi connectivity index (χ1v) is 18.6. The molecule has 4 nitrogen and oxygen atoms in total. The number of hydrogen-bond acceptors (Lipinski definition) is 4. The summed E-state index contributed by atoms with van der Waals surface area (Å²) in [6.07, 6.45) is 15.1. The zero-order chi connectivity index (χ0) is 32.4. The van der Waals surface area contributed by atoms with Gasteiger partial charge in [-0.2, -0.15) is 0 Å². The molecule has 4 saturated carbocycles. The smallest absolute Gasteiger partial charge is 0.338 e. The topological polar surface area (TPSA) is 60.4 Å². The van der Waals surface area contributed by atoms with Crippen LogP contribution in [0.2, 0.25) is 0 Å². The van der Waals surface area contributed by atoms with Crippen LogP contribution in [0.25, 0.3) is 0 Å². The van der Waals surface area contributed by atoms with Crippen LogP contribution in [-0.4, -0.2) is 23.6 Å². The van der Waals surface area contributed by atoms with Gasteiger partial charge in [-0.05, 0) is 123 Å². The van der Waals surface area contributed by atoms with Crippen molar-refractivity contribution in [2.24, 2.45) is 52.3 Å². The van der Waals surface area contributed by atoms with Crippen molar-refractivity contribution >= 4 is 17.5 Å². The summed E-state index contributed by atoms with van der Waals surface area (Å²) in [5.74, 6) is 4.40. The van der Waals surface area contributed by atoms with Gasteiger partial charge in [0.25, 0.3) is 0 Å². The van der Waals surface area contributed by atoms with Gasteiger partial charge in [0, 0.05) is 27.7 Å². The van der Waals surface area contributed by atoms with Crippen LogP contribution in [0.15, 0.2) is 42.5 Å². The minimum atomic E-state index is -0.354. The van der Waals surface area contributed by atoms with Gasteiger partial charge >= 0.3 is 5.97 Å². The Morgan fingerprint density at radius 3 is 2.26 bits per heavy atom. The molecule has 46 heavy (non-hydrogen) atoms. The molecular weight excluding hydrogens is 568 g/mol. The molecule has 2 aromatic carbocycles. The molecule has 0 aliphatic heterocycles. The third-order valence-electron chi connectivity index (χ3n) is 14.3. The van der Waals surface area contributed by atoms with Crippen LogP contribution >= 0.6 is 0 Å². The van der Waals surface area contributed by atoms with E-state index in [2.05, 4.69) is 34.6 Å². The van der Waals surface area contributed by atoms with Crippen molar-refractivity contribution in [1.82, 2.24) is 0 Å². The van der Waals surface area contributed by atoms with Crippen LogP contribution in [0.4, 0.5) is 0 Å². The predicted octanol–water partition coefficient (Wildman–Crippen LogP) is 10.1. The summed E-state index contributed by atoms with van der Waals surface area (Å²) < 4.78 is 6.55. The Morgan fingerprint density at radius 1 is 0.804 bits per heavy atom. The lowest BCUT2D eigenvalue weighted by atomic mass is 9.44. The van der Waals surface area contributed by atoms with E-state index >= 15 is 0 Å². The van der Waals surface area contributed by atoms with Gasteiger partial charge in [0.2, 0.25) is 0 Å². The third kappa shape index (κ3) is 5.03. The van der Waals surface area contributed by atoms with Crippen LogP contribution in [0.1, 0.15) is 154 Å². The normalized spacial score (nSPS) is 35.4. The van der Waals surface area contributed by atoms with E-state index < -0.39 is 0 Å². The zero-order valence-corrected chi connectivity index (χ0v) is 28.8. The van der Waals surface area contributed by atoms with E-state index in [4.69, 9.17) is 4.74 Å². The minimum Gasteiger partial charge on any atom is -0.458 e. The summed E-state index contributed by atoms with van der Waals surface area (Å²) in [4.78, 5) is 40.4. The molecule has 0 saturated heterocycles. The molecule has 0 heterocycles. The van der Waals surface area contributed by atoms with Crippen LogP contribution in [0.5, 0.6) is 0 Å². The highest BCUT2D eigenvalue weighted by Gasteiger charge is 2.62. The van der Waals surface area contributed by atoms with Gasteiger partial charge in [0.1, 0.15) is 6.10 Å². The highest BCUT2D eigenvalue weighted by Crippen LogP contribution is 2.68. The van der Waals surface area contributed by atoms with Crippen molar-refractivity contribution in [2.75, 3.05) is 0 Å². The number of ether oxygens (including phenoxy) is 1. The SMILES string of the molecule is CC(C)CCC[C@H](C)[C@@H]1CC[C@H]2[C@H]3CC[C@H]4CCCC(OC(=O)c5ccc6c(c5)C(=O)c5ccccc5C6=O)[C@]4(C)[C@H]3CC[C@@]21C. The Balaban J connectivity index is 1.10. The summed E-state index contributed by atoms with van der Waals surface area (Å²) in [6.45, 7) is 12.4. The molecule has 7 rings (SSSR count). The highest BCUT2D eigenvalue weighted by molar-refractivity contribution is 6.28. The summed E-state index contributed by atoms with van der Waals surface area (Å²) in [6, 6.07) is 11.9. The molecule has 0 amide bonds. The number of hydrogen-bond donors (Lipinski definition) is 0. The first kappa shape index (κ1) is 31.8. The molecule has 4 fully saturated rings. The minimum absolute atomic E-state index is 0.0158. The van der Waals surface area contributed by atoms with Gasteiger partial charge in [-0.3, -0.25) is 9.59 Å². The standard InChI is InChI=1S/C42H54O4/c1-25(2)10-8-11-26(3)34-20-21-35-32-19-17-28-12-9-15-37(42(28,5)36(32)22-23-41(34,35)4)46-40(45)27-16-18-31-33(24-27)39(44)30-14-7-6-13-29(30)38(31)43/h6-7,13-14,16,18,24-26,28,32,34-37H,8-12,15,17,19-23H2,1-5H3/t26-,28+,32+,34-,35-,36-,37?,41+,42-/m0/s1. The maximum absolute atomic E-state index is 13.9. The molecule has 0 spiro atoms. The fourth-order valence-corrected chi connectivity index (χ4v) is 11.9. The van der Waals surface area contributed by atoms with Crippen molar-refractivity contribution in [3.8, 4) is 0 Å². The Labute approximate surface area is 276 Å². The van der Waals surface area contributed by atoms with E-state index in [0.717, 1.165) is 42.4 Å². The van der Waals surface area contributed by atoms with E-state index in [1.165, 1.54) is 64.2 Å². The Bertz CT molecular complexity index is 1520. The van der Waals surface area contributed by atoms with Crippen molar-refractivity contribution in [1.29, 1.82) is 0 Å². The molecule has 0 radical (unpaired) electrons. The maximum atomic E-state index is 13.9. The maximum Gasteiger partial charge on any atom is 0.338 e. The lowest BCUT2D eigenvalue weighted by molar-refractivity contribution is -0.166. The Kier molecular flexibility index (Phi) is 8.34. The second kappa shape index (κ2) is 12.0. The summed E-state index contributed by atoms with van der Waals surface area (Å²) >= 11 is 0. The van der Waals surface area contributed by atoms with Crippen LogP contribution in [0, 0.1) is 52.3 Å². The average Bonchev–Trinajstić information content (AvgIpc) is 3.41. The van der Waals surface area contributed by atoms with E-state index in [1.807, 2.05) is 0 Å². The average molecular weight is 623 g/mol. The number of rotatable bonds is 7. The number of ketones is 2. The molecule has 0 bridgehead atoms. The summed E-state index contributed by atoms with van der Waals surface area (Å²) in [7, 11) is 0. The monoisotopic (exact) mass is 622 g/mol. The number of benzene rings is 2. The first-order chi connectivity index (χ1) is 22.0. The highest BCUT2D eigenvalue weighted by atomic mass is 16.5. The van der Waals surface area contributed by atoms with Crippen molar-refractivity contribution in [2.45, 2.75) is 118 Å². The van der Waals surface area contributed by atoms with E-state index in [1.54, 1.807) is 42.5 Å². The molecule has 5 aliphatic rings. The van der Waals surface area contributed by atoms with E-state index in [-0.39, 0.29) is 29.1 Å². The summed E-state index contributed by atoms with van der Waals surface area (Å²) in [5.41, 5.74) is 2.31. The first-order valence-electron chi connectivity index (χ1n) is 18.6. The largest absolute Gasteiger partial charge is 0.458 e. The Hall–Kier alpha value is -2.75. The molecule has 9 atom stereocenters. The van der Waals surface area contributed by atoms with Crippen molar-refractivity contribution < 1.29 is 19.1 Å². The van der Waals surface area contributed by atoms with Crippen LogP contribution in [0.3, 0.4) is 0 Å². The summed E-state index contributed by atoms with van der Waals surface area (Å²) in [5, 5.41) is 0. The second-order valence-electron chi connectivity index (χ2n) is 16.8. The molecule has 0 N–H and O–H groups in total. The molecule has 5 aliphatic carbocycles. The molecule has 246 valence electrons. The number of carbonyl (C=O) groups is 3. The molecule has 1 unspecified atom stereocenters. The quantitative estimate of drug-likeness (QED) is 0.246. The van der Waals surface area contributed by atoms with Gasteiger partial charge in [0.15, 0.2) is 11.6 Å². The number of carbonyl (C=O) groups excluding carboxylic acids is 3. The van der Waals surface area contributed by atoms with Crippen LogP contribution < -0.4 is 0 Å². The third-order valence-corrected chi connectivity index (χ3v) is 14.3. The number of fused-ring (bicyclic) bond motifs is 7. The van der Waals surface area contributed by atoms with Crippen molar-refractivity contribution in [3.05, 3.63) is 70.3 Å². The van der Waals surface area contributed by atoms with E-state index in [0.29, 0.717) is 45.1 Å². The Morgan fingerprint density at radius 2 is 1.52 bits per heavy atom. The van der Waals surface area contributed by atoms with Crippen molar-refractivity contribution in [3.63, 3.8) is 0 Å². The van der Waals surface area contributed by atoms with Gasteiger partial charge in [-0.15, -0.1) is 0 Å². The van der Waals surface area contributed by atoms with Gasteiger partial charge in [-0.25, -0.2) is 4.79 Å². The van der Waals surface area contributed by atoms with Crippen LogP contribution in [-0.2, 0) is 4.74 Å². The molecule has 4 heteroatoms. The molecule has 0 aromatic heterocycles. The van der Waals surface area contributed by atoms with Gasteiger partial charge < -0.3 is 4.74 Å². The van der Waals surface area contributed by atoms with Gasteiger partial charge in [0.05, 0.1) is 5.56 Å². The predicted molar refractivity (Wildman–Crippen MR) is 182 cm³/mol. The second-order valence-corrected chi connectivity index (χ2v) is 16.8.